The van der Waals surface area contributed by atoms with Crippen LogP contribution in [-0.2, 0) is 0 Å². The third-order valence-electron chi connectivity index (χ3n) is 2.67. The van der Waals surface area contributed by atoms with Crippen molar-refractivity contribution in [3.8, 4) is 6.07 Å². The topological polar surface area (TPSA) is 64.3 Å². The van der Waals surface area contributed by atoms with E-state index in [1.807, 2.05) is 6.92 Å². The summed E-state index contributed by atoms with van der Waals surface area (Å²) in [6.07, 6.45) is 0. The highest BCUT2D eigenvalue weighted by atomic mass is 16.4. The molecule has 0 bridgehead atoms. The van der Waals surface area contributed by atoms with Gasteiger partial charge < -0.3 is 10.0 Å². The Balaban J connectivity index is 3.15. The molecule has 0 radical (unpaired) electrons. The maximum absolute atomic E-state index is 10.9. The van der Waals surface area contributed by atoms with Gasteiger partial charge in [0.2, 0.25) is 0 Å². The number of carbonyl (C=O) groups is 1. The van der Waals surface area contributed by atoms with Crippen molar-refractivity contribution in [3.63, 3.8) is 0 Å². The van der Waals surface area contributed by atoms with Crippen LogP contribution >= 0.6 is 0 Å². The van der Waals surface area contributed by atoms with Gasteiger partial charge >= 0.3 is 5.97 Å². The van der Waals surface area contributed by atoms with Crippen molar-refractivity contribution in [1.82, 2.24) is 0 Å². The van der Waals surface area contributed by atoms with Gasteiger partial charge in [-0.1, -0.05) is 13.8 Å². The number of carboxylic acids is 1. The Morgan fingerprint density at radius 1 is 1.50 bits per heavy atom. The molecule has 0 aliphatic rings. The minimum Gasteiger partial charge on any atom is -0.478 e. The summed E-state index contributed by atoms with van der Waals surface area (Å²) >= 11 is 0. The molecular formula is C14H18N2O2. The predicted octanol–water partition coefficient (Wildman–Crippen LogP) is 2.74. The third kappa shape index (κ3) is 3.24. The van der Waals surface area contributed by atoms with E-state index in [0.29, 0.717) is 11.5 Å². The van der Waals surface area contributed by atoms with Gasteiger partial charge in [0.1, 0.15) is 6.07 Å². The third-order valence-corrected chi connectivity index (χ3v) is 2.67. The van der Waals surface area contributed by atoms with Crippen LogP contribution in [0.25, 0.3) is 0 Å². The molecule has 1 aromatic rings. The SMILES string of the molecule is CCN(CC(C)C)c1ccc(C(=O)O)cc1C#N. The van der Waals surface area contributed by atoms with Crippen molar-refractivity contribution in [2.45, 2.75) is 20.8 Å². The van der Waals surface area contributed by atoms with Crippen molar-refractivity contribution < 1.29 is 9.90 Å². The smallest absolute Gasteiger partial charge is 0.335 e. The summed E-state index contributed by atoms with van der Waals surface area (Å²) in [5.74, 6) is -0.527. The van der Waals surface area contributed by atoms with Crippen molar-refractivity contribution in [2.75, 3.05) is 18.0 Å². The number of rotatable bonds is 5. The molecule has 0 amide bonds. The molecule has 0 saturated carbocycles. The standard InChI is InChI=1S/C14H18N2O2/c1-4-16(9-10(2)3)13-6-5-11(14(17)18)7-12(13)8-15/h5-7,10H,4,9H2,1-3H3,(H,17,18). The second-order valence-electron chi connectivity index (χ2n) is 4.58. The molecule has 4 heteroatoms. The van der Waals surface area contributed by atoms with Gasteiger partial charge in [-0.15, -0.1) is 0 Å². The lowest BCUT2D eigenvalue weighted by atomic mass is 10.1. The molecule has 0 fully saturated rings. The molecule has 1 aromatic carbocycles. The highest BCUT2D eigenvalue weighted by molar-refractivity contribution is 5.89. The van der Waals surface area contributed by atoms with Gasteiger partial charge in [0.25, 0.3) is 0 Å². The summed E-state index contributed by atoms with van der Waals surface area (Å²) in [6.45, 7) is 7.88. The molecular weight excluding hydrogens is 228 g/mol. The monoisotopic (exact) mass is 246 g/mol. The number of anilines is 1. The Morgan fingerprint density at radius 2 is 2.17 bits per heavy atom. The maximum atomic E-state index is 10.9. The number of benzene rings is 1. The van der Waals surface area contributed by atoms with Gasteiger partial charge in [-0.3, -0.25) is 0 Å². The molecule has 1 rings (SSSR count). The fourth-order valence-electron chi connectivity index (χ4n) is 1.87. The number of carboxylic acid groups (broad SMARTS) is 1. The molecule has 0 heterocycles. The molecule has 1 N–H and O–H groups in total. The van der Waals surface area contributed by atoms with Crippen molar-refractivity contribution in [3.05, 3.63) is 29.3 Å². The van der Waals surface area contributed by atoms with E-state index in [9.17, 15) is 4.79 Å². The molecule has 0 saturated heterocycles. The summed E-state index contributed by atoms with van der Waals surface area (Å²) in [5, 5.41) is 18.0. The van der Waals surface area contributed by atoms with Crippen LogP contribution in [0.1, 0.15) is 36.7 Å². The first-order chi connectivity index (χ1) is 8.49. The fourth-order valence-corrected chi connectivity index (χ4v) is 1.87. The van der Waals surface area contributed by atoms with Gasteiger partial charge in [0.05, 0.1) is 16.8 Å². The van der Waals surface area contributed by atoms with E-state index >= 15 is 0 Å². The second-order valence-corrected chi connectivity index (χ2v) is 4.58. The van der Waals surface area contributed by atoms with E-state index in [0.717, 1.165) is 18.8 Å². The lowest BCUT2D eigenvalue weighted by molar-refractivity contribution is 0.0697. The van der Waals surface area contributed by atoms with Crippen LogP contribution in [0.5, 0.6) is 0 Å². The van der Waals surface area contributed by atoms with Crippen LogP contribution in [-0.4, -0.2) is 24.2 Å². The average Bonchev–Trinajstić information content (AvgIpc) is 2.34. The number of nitrogens with zero attached hydrogens (tertiary/aromatic N) is 2. The lowest BCUT2D eigenvalue weighted by Crippen LogP contribution is -2.28. The molecule has 96 valence electrons. The molecule has 0 aliphatic carbocycles. The van der Waals surface area contributed by atoms with Crippen molar-refractivity contribution in [2.24, 2.45) is 5.92 Å². The lowest BCUT2D eigenvalue weighted by Gasteiger charge is -2.26. The van der Waals surface area contributed by atoms with Gasteiger partial charge in [0, 0.05) is 13.1 Å². The van der Waals surface area contributed by atoms with E-state index in [1.54, 1.807) is 12.1 Å². The van der Waals surface area contributed by atoms with Gasteiger partial charge in [0.15, 0.2) is 0 Å². The van der Waals surface area contributed by atoms with Gasteiger partial charge in [-0.05, 0) is 31.0 Å². The number of hydrogen-bond donors (Lipinski definition) is 1. The fraction of sp³-hybridized carbons (Fsp3) is 0.429. The van der Waals surface area contributed by atoms with Crippen molar-refractivity contribution >= 4 is 11.7 Å². The van der Waals surface area contributed by atoms with E-state index in [1.165, 1.54) is 6.07 Å². The van der Waals surface area contributed by atoms with Crippen LogP contribution in [0.15, 0.2) is 18.2 Å². The zero-order valence-electron chi connectivity index (χ0n) is 11.0. The molecule has 0 spiro atoms. The number of aromatic carboxylic acids is 1. The summed E-state index contributed by atoms with van der Waals surface area (Å²) in [5.41, 5.74) is 1.37. The summed E-state index contributed by atoms with van der Waals surface area (Å²) in [7, 11) is 0. The molecule has 4 nitrogen and oxygen atoms in total. The highest BCUT2D eigenvalue weighted by Crippen LogP contribution is 2.22. The predicted molar refractivity (Wildman–Crippen MR) is 70.8 cm³/mol. The molecule has 0 aromatic heterocycles. The summed E-state index contributed by atoms with van der Waals surface area (Å²) in [4.78, 5) is 13.0. The van der Waals surface area contributed by atoms with Crippen LogP contribution in [0.2, 0.25) is 0 Å². The minimum absolute atomic E-state index is 0.149. The van der Waals surface area contributed by atoms with Crippen LogP contribution < -0.4 is 4.90 Å². The maximum Gasteiger partial charge on any atom is 0.335 e. The number of nitriles is 1. The zero-order chi connectivity index (χ0) is 13.7. The van der Waals surface area contributed by atoms with E-state index < -0.39 is 5.97 Å². The van der Waals surface area contributed by atoms with Crippen LogP contribution in [0.3, 0.4) is 0 Å². The molecule has 0 unspecified atom stereocenters. The van der Waals surface area contributed by atoms with Crippen LogP contribution in [0.4, 0.5) is 5.69 Å². The quantitative estimate of drug-likeness (QED) is 0.867. The van der Waals surface area contributed by atoms with Gasteiger partial charge in [-0.2, -0.15) is 5.26 Å². The first kappa shape index (κ1) is 14.0. The summed E-state index contributed by atoms with van der Waals surface area (Å²) in [6, 6.07) is 6.76. The van der Waals surface area contributed by atoms with E-state index in [-0.39, 0.29) is 5.56 Å². The normalized spacial score (nSPS) is 10.2. The Bertz CT molecular complexity index is 475. The first-order valence-electron chi connectivity index (χ1n) is 6.02. The molecule has 0 atom stereocenters. The first-order valence-corrected chi connectivity index (χ1v) is 6.02. The minimum atomic E-state index is -1.01. The highest BCUT2D eigenvalue weighted by Gasteiger charge is 2.13. The Labute approximate surface area is 107 Å². The van der Waals surface area contributed by atoms with Gasteiger partial charge in [-0.25, -0.2) is 4.79 Å². The summed E-state index contributed by atoms with van der Waals surface area (Å²) < 4.78 is 0. The van der Waals surface area contributed by atoms with Crippen molar-refractivity contribution in [1.29, 1.82) is 5.26 Å². The average molecular weight is 246 g/mol. The van der Waals surface area contributed by atoms with E-state index in [2.05, 4.69) is 24.8 Å². The van der Waals surface area contributed by atoms with Crippen LogP contribution in [0, 0.1) is 17.2 Å². The largest absolute Gasteiger partial charge is 0.478 e. The Morgan fingerprint density at radius 3 is 2.61 bits per heavy atom. The van der Waals surface area contributed by atoms with E-state index in [4.69, 9.17) is 10.4 Å². The Kier molecular flexibility index (Phi) is 4.73. The Hall–Kier alpha value is -2.02. The number of hydrogen-bond acceptors (Lipinski definition) is 3. The second kappa shape index (κ2) is 6.06. The molecule has 18 heavy (non-hydrogen) atoms. The zero-order valence-corrected chi connectivity index (χ0v) is 11.0. The molecule has 0 aliphatic heterocycles.